The number of hydrogen-bond donors (Lipinski definition) is 1. The zero-order valence-electron chi connectivity index (χ0n) is 14.5. The summed E-state index contributed by atoms with van der Waals surface area (Å²) in [6, 6.07) is 14.1. The molecule has 0 aromatic heterocycles. The number of anilines is 1. The summed E-state index contributed by atoms with van der Waals surface area (Å²) in [4.78, 5) is 25.0. The van der Waals surface area contributed by atoms with Crippen LogP contribution in [0.25, 0.3) is 6.08 Å². The van der Waals surface area contributed by atoms with Crippen molar-refractivity contribution in [2.75, 3.05) is 5.01 Å². The van der Waals surface area contributed by atoms with Crippen molar-refractivity contribution in [2.24, 2.45) is 0 Å². The molecular formula is C20H19ClN2O3. The molecule has 5 nitrogen and oxygen atoms in total. The van der Waals surface area contributed by atoms with E-state index in [1.807, 2.05) is 19.9 Å². The van der Waals surface area contributed by atoms with Crippen LogP contribution in [0.3, 0.4) is 0 Å². The van der Waals surface area contributed by atoms with Crippen LogP contribution in [0.5, 0.6) is 5.75 Å². The van der Waals surface area contributed by atoms with Gasteiger partial charge in [0.2, 0.25) is 0 Å². The summed E-state index contributed by atoms with van der Waals surface area (Å²) in [5.74, 6) is -0.306. The maximum Gasteiger partial charge on any atom is 0.282 e. The number of benzene rings is 2. The Bertz CT molecular complexity index is 865. The second-order valence-electron chi connectivity index (χ2n) is 5.99. The molecule has 2 amide bonds. The van der Waals surface area contributed by atoms with Crippen LogP contribution < -0.4 is 15.2 Å². The monoisotopic (exact) mass is 370 g/mol. The molecule has 1 atom stereocenters. The predicted octanol–water partition coefficient (Wildman–Crippen LogP) is 3.98. The van der Waals surface area contributed by atoms with Gasteiger partial charge in [0.05, 0.1) is 11.8 Å². The van der Waals surface area contributed by atoms with Crippen molar-refractivity contribution in [3.8, 4) is 5.75 Å². The number of rotatable bonds is 5. The fourth-order valence-electron chi connectivity index (χ4n) is 2.51. The van der Waals surface area contributed by atoms with Gasteiger partial charge in [-0.1, -0.05) is 36.7 Å². The third-order valence-electron chi connectivity index (χ3n) is 4.08. The van der Waals surface area contributed by atoms with E-state index in [1.165, 1.54) is 11.1 Å². The number of nitrogens with zero attached hydrogens (tertiary/aromatic N) is 1. The average Bonchev–Trinajstić information content (AvgIpc) is 2.92. The molecule has 0 spiro atoms. The van der Waals surface area contributed by atoms with Crippen molar-refractivity contribution in [1.29, 1.82) is 0 Å². The van der Waals surface area contributed by atoms with Crippen LogP contribution in [0.1, 0.15) is 25.8 Å². The average molecular weight is 371 g/mol. The minimum atomic E-state index is -0.465. The topological polar surface area (TPSA) is 58.6 Å². The van der Waals surface area contributed by atoms with Gasteiger partial charge in [-0.05, 0) is 49.8 Å². The molecule has 0 aliphatic carbocycles. The lowest BCUT2D eigenvalue weighted by Gasteiger charge is -2.15. The summed E-state index contributed by atoms with van der Waals surface area (Å²) in [5, 5.41) is 1.73. The predicted molar refractivity (Wildman–Crippen MR) is 102 cm³/mol. The summed E-state index contributed by atoms with van der Waals surface area (Å²) in [5.41, 5.74) is 3.79. The Balaban J connectivity index is 1.96. The van der Waals surface area contributed by atoms with E-state index in [0.717, 1.165) is 6.42 Å². The largest absolute Gasteiger partial charge is 0.490 e. The number of carbonyl (C=O) groups is 2. The molecule has 0 saturated carbocycles. The molecule has 0 unspecified atom stereocenters. The smallest absolute Gasteiger partial charge is 0.282 e. The number of halogens is 1. The molecule has 1 N–H and O–H groups in total. The lowest BCUT2D eigenvalue weighted by Crippen LogP contribution is -2.35. The first kappa shape index (κ1) is 18.0. The molecule has 26 heavy (non-hydrogen) atoms. The Morgan fingerprint density at radius 2 is 1.92 bits per heavy atom. The first-order valence-corrected chi connectivity index (χ1v) is 8.75. The molecule has 2 aromatic rings. The molecule has 134 valence electrons. The van der Waals surface area contributed by atoms with E-state index >= 15 is 0 Å². The third kappa shape index (κ3) is 3.73. The number of ether oxygens (including phenoxy) is 1. The van der Waals surface area contributed by atoms with E-state index in [4.69, 9.17) is 16.3 Å². The first-order chi connectivity index (χ1) is 12.5. The quantitative estimate of drug-likeness (QED) is 0.639. The summed E-state index contributed by atoms with van der Waals surface area (Å²) in [6.45, 7) is 3.97. The Hall–Kier alpha value is -2.79. The van der Waals surface area contributed by atoms with Gasteiger partial charge in [0.25, 0.3) is 11.8 Å². The minimum Gasteiger partial charge on any atom is -0.490 e. The number of nitrogens with one attached hydrogen (secondary N) is 1. The fourth-order valence-corrected chi connectivity index (χ4v) is 2.69. The standard InChI is InChI=1S/C20H19ClN2O3/c1-3-13(2)26-18-10-9-15(21)11-14(18)12-17-19(24)22-23(20(17)25)16-7-5-4-6-8-16/h4-13H,3H2,1-2H3,(H,22,24)/b17-12-/t13-/m0/s1. The molecule has 1 saturated heterocycles. The first-order valence-electron chi connectivity index (χ1n) is 8.38. The maximum absolute atomic E-state index is 12.7. The Morgan fingerprint density at radius 3 is 2.62 bits per heavy atom. The fraction of sp³-hybridized carbons (Fsp3) is 0.200. The van der Waals surface area contributed by atoms with Crippen molar-refractivity contribution in [1.82, 2.24) is 5.43 Å². The van der Waals surface area contributed by atoms with Gasteiger partial charge in [-0.15, -0.1) is 0 Å². The van der Waals surface area contributed by atoms with Crippen LogP contribution in [-0.2, 0) is 9.59 Å². The van der Waals surface area contributed by atoms with Crippen LogP contribution >= 0.6 is 11.6 Å². The Labute approximate surface area is 157 Å². The lowest BCUT2D eigenvalue weighted by molar-refractivity contribution is -0.117. The summed E-state index contributed by atoms with van der Waals surface area (Å²) < 4.78 is 5.88. The molecule has 0 bridgehead atoms. The summed E-state index contributed by atoms with van der Waals surface area (Å²) in [6.07, 6.45) is 2.35. The zero-order chi connectivity index (χ0) is 18.7. The number of hydrogen-bond acceptors (Lipinski definition) is 3. The highest BCUT2D eigenvalue weighted by Crippen LogP contribution is 2.28. The third-order valence-corrected chi connectivity index (χ3v) is 4.32. The molecule has 1 fully saturated rings. The summed E-state index contributed by atoms with van der Waals surface area (Å²) >= 11 is 6.09. The number of hydrazine groups is 1. The van der Waals surface area contributed by atoms with E-state index in [2.05, 4.69) is 5.43 Å². The van der Waals surface area contributed by atoms with Crippen molar-refractivity contribution < 1.29 is 14.3 Å². The van der Waals surface area contributed by atoms with Crippen molar-refractivity contribution >= 4 is 35.2 Å². The van der Waals surface area contributed by atoms with E-state index in [0.29, 0.717) is 22.0 Å². The van der Waals surface area contributed by atoms with Crippen molar-refractivity contribution in [2.45, 2.75) is 26.4 Å². The number of carbonyl (C=O) groups excluding carboxylic acids is 2. The minimum absolute atomic E-state index is 0.00208. The van der Waals surface area contributed by atoms with E-state index in [-0.39, 0.29) is 11.7 Å². The van der Waals surface area contributed by atoms with Gasteiger partial charge in [-0.25, -0.2) is 5.01 Å². The van der Waals surface area contributed by atoms with Gasteiger partial charge >= 0.3 is 0 Å². The highest BCUT2D eigenvalue weighted by molar-refractivity contribution is 6.32. The molecule has 1 aliphatic rings. The van der Waals surface area contributed by atoms with Gasteiger partial charge in [-0.2, -0.15) is 0 Å². The number of para-hydroxylation sites is 1. The van der Waals surface area contributed by atoms with Gasteiger partial charge in [-0.3, -0.25) is 15.0 Å². The maximum atomic E-state index is 12.7. The van der Waals surface area contributed by atoms with Crippen LogP contribution in [0, 0.1) is 0 Å². The molecule has 6 heteroatoms. The van der Waals surface area contributed by atoms with E-state index in [9.17, 15) is 9.59 Å². The highest BCUT2D eigenvalue weighted by atomic mass is 35.5. The molecule has 1 heterocycles. The van der Waals surface area contributed by atoms with Crippen molar-refractivity contribution in [3.05, 3.63) is 64.7 Å². The van der Waals surface area contributed by atoms with E-state index in [1.54, 1.807) is 42.5 Å². The van der Waals surface area contributed by atoms with Crippen LogP contribution in [-0.4, -0.2) is 17.9 Å². The number of amides is 2. The van der Waals surface area contributed by atoms with Crippen molar-refractivity contribution in [3.63, 3.8) is 0 Å². The van der Waals surface area contributed by atoms with Crippen LogP contribution in [0.2, 0.25) is 5.02 Å². The van der Waals surface area contributed by atoms with Gasteiger partial charge in [0.15, 0.2) is 0 Å². The Kier molecular flexibility index (Phi) is 5.28. The molecule has 0 radical (unpaired) electrons. The molecule has 3 rings (SSSR count). The van der Waals surface area contributed by atoms with Crippen LogP contribution in [0.4, 0.5) is 5.69 Å². The second-order valence-corrected chi connectivity index (χ2v) is 6.43. The Morgan fingerprint density at radius 1 is 1.19 bits per heavy atom. The molecule has 2 aromatic carbocycles. The van der Waals surface area contributed by atoms with Gasteiger partial charge < -0.3 is 4.74 Å². The molecular weight excluding hydrogens is 352 g/mol. The summed E-state index contributed by atoms with van der Waals surface area (Å²) in [7, 11) is 0. The van der Waals surface area contributed by atoms with Gasteiger partial charge in [0, 0.05) is 10.6 Å². The highest BCUT2D eigenvalue weighted by Gasteiger charge is 2.34. The normalized spacial score (nSPS) is 16.7. The SMILES string of the molecule is CC[C@H](C)Oc1ccc(Cl)cc1/C=C1/C(=O)NN(c2ccccc2)C1=O. The lowest BCUT2D eigenvalue weighted by atomic mass is 10.1. The van der Waals surface area contributed by atoms with Gasteiger partial charge in [0.1, 0.15) is 11.3 Å². The van der Waals surface area contributed by atoms with E-state index < -0.39 is 11.8 Å². The second kappa shape index (κ2) is 7.62. The molecule has 1 aliphatic heterocycles. The zero-order valence-corrected chi connectivity index (χ0v) is 15.3. The van der Waals surface area contributed by atoms with Crippen LogP contribution in [0.15, 0.2) is 54.1 Å².